The molecule has 0 amide bonds. The number of aromatic hydroxyl groups is 1. The summed E-state index contributed by atoms with van der Waals surface area (Å²) < 4.78 is 32.3. The van der Waals surface area contributed by atoms with Gasteiger partial charge < -0.3 is 9.84 Å². The zero-order chi connectivity index (χ0) is 21.3. The zero-order valence-electron chi connectivity index (χ0n) is 17.5. The van der Waals surface area contributed by atoms with Gasteiger partial charge in [-0.3, -0.25) is 0 Å². The molecule has 1 aromatic carbocycles. The molecule has 154 valence electrons. The summed E-state index contributed by atoms with van der Waals surface area (Å²) in [5, 5.41) is 20.4. The molecular weight excluding hydrogens is 376 g/mol. The van der Waals surface area contributed by atoms with Gasteiger partial charge in [-0.1, -0.05) is 41.5 Å². The largest absolute Gasteiger partial charge is 0.507 e. The molecule has 7 heteroatoms. The van der Waals surface area contributed by atoms with Crippen LogP contribution in [0.1, 0.15) is 58.2 Å². The second-order valence-corrected chi connectivity index (χ2v) is 11.0. The van der Waals surface area contributed by atoms with E-state index in [0.717, 1.165) is 0 Å². The standard InChI is InChI=1S/C21H30N2O4S/c1-20(2,3)17-12-15(13-18(19(17)24)21(4,5)6)11-16(14-22)28(25,26)23-7-9-27-10-8-23/h11-13,24H,7-10H2,1-6H3/b16-11+. The van der Waals surface area contributed by atoms with Crippen molar-refractivity contribution in [1.29, 1.82) is 5.26 Å². The lowest BCUT2D eigenvalue weighted by Gasteiger charge is -2.28. The SMILES string of the molecule is CC(C)(C)c1cc(/C=C(\C#N)S(=O)(=O)N2CCOCC2)cc(C(C)(C)C)c1O. The molecule has 0 spiro atoms. The first kappa shape index (κ1) is 22.4. The predicted molar refractivity (Wildman–Crippen MR) is 110 cm³/mol. The topological polar surface area (TPSA) is 90.6 Å². The fraction of sp³-hybridized carbons (Fsp3) is 0.571. The molecular formula is C21H30N2O4S. The lowest BCUT2D eigenvalue weighted by Crippen LogP contribution is -2.41. The zero-order valence-corrected chi connectivity index (χ0v) is 18.4. The van der Waals surface area contributed by atoms with Crippen molar-refractivity contribution in [2.45, 2.75) is 52.4 Å². The molecule has 1 fully saturated rings. The molecule has 28 heavy (non-hydrogen) atoms. The van der Waals surface area contributed by atoms with Crippen molar-refractivity contribution in [3.63, 3.8) is 0 Å². The van der Waals surface area contributed by atoms with Crippen molar-refractivity contribution in [1.82, 2.24) is 4.31 Å². The third kappa shape index (κ3) is 4.75. The van der Waals surface area contributed by atoms with Crippen LogP contribution in [0.15, 0.2) is 17.0 Å². The molecule has 0 radical (unpaired) electrons. The molecule has 0 unspecified atom stereocenters. The molecule has 0 atom stereocenters. The maximum Gasteiger partial charge on any atom is 0.253 e. The van der Waals surface area contributed by atoms with E-state index in [9.17, 15) is 18.8 Å². The van der Waals surface area contributed by atoms with Crippen molar-refractivity contribution in [2.24, 2.45) is 0 Å². The van der Waals surface area contributed by atoms with Gasteiger partial charge in [0.05, 0.1) is 13.2 Å². The molecule has 1 saturated heterocycles. The lowest BCUT2D eigenvalue weighted by molar-refractivity contribution is 0.0735. The Morgan fingerprint density at radius 2 is 1.57 bits per heavy atom. The Labute approximate surface area is 168 Å². The molecule has 1 aliphatic rings. The molecule has 0 aromatic heterocycles. The second kappa shape index (κ2) is 7.86. The lowest BCUT2D eigenvalue weighted by atomic mass is 9.78. The summed E-state index contributed by atoms with van der Waals surface area (Å²) in [4.78, 5) is -0.306. The molecule has 1 aliphatic heterocycles. The van der Waals surface area contributed by atoms with E-state index in [2.05, 4.69) is 0 Å². The van der Waals surface area contributed by atoms with E-state index in [0.29, 0.717) is 29.9 Å². The van der Waals surface area contributed by atoms with E-state index < -0.39 is 10.0 Å². The molecule has 2 rings (SSSR count). The highest BCUT2D eigenvalue weighted by Crippen LogP contribution is 2.40. The number of phenolic OH excluding ortho intramolecular Hbond substituents is 1. The Bertz CT molecular complexity index is 872. The number of benzene rings is 1. The molecule has 1 N–H and O–H groups in total. The highest BCUT2D eigenvalue weighted by molar-refractivity contribution is 7.93. The number of hydrogen-bond donors (Lipinski definition) is 1. The molecule has 1 aromatic rings. The minimum atomic E-state index is -3.89. The van der Waals surface area contributed by atoms with Gasteiger partial charge in [0.25, 0.3) is 10.0 Å². The Kier molecular flexibility index (Phi) is 6.29. The Morgan fingerprint density at radius 1 is 1.11 bits per heavy atom. The third-order valence-corrected chi connectivity index (χ3v) is 6.55. The fourth-order valence-electron chi connectivity index (χ4n) is 3.13. The summed E-state index contributed by atoms with van der Waals surface area (Å²) in [5.41, 5.74) is 1.33. The van der Waals surface area contributed by atoms with Gasteiger partial charge in [-0.15, -0.1) is 0 Å². The maximum absolute atomic E-state index is 12.9. The number of hydrogen-bond acceptors (Lipinski definition) is 5. The van der Waals surface area contributed by atoms with Gasteiger partial charge in [-0.25, -0.2) is 8.42 Å². The van der Waals surface area contributed by atoms with Gasteiger partial charge in [0.15, 0.2) is 4.91 Å². The van der Waals surface area contributed by atoms with Crippen LogP contribution in [-0.4, -0.2) is 44.1 Å². The number of nitriles is 1. The molecule has 0 aliphatic carbocycles. The van der Waals surface area contributed by atoms with Crippen molar-refractivity contribution < 1.29 is 18.3 Å². The summed E-state index contributed by atoms with van der Waals surface area (Å²) in [6.45, 7) is 13.0. The average Bonchev–Trinajstić information content (AvgIpc) is 2.59. The number of phenols is 1. The summed E-state index contributed by atoms with van der Waals surface area (Å²) >= 11 is 0. The molecule has 0 saturated carbocycles. The number of ether oxygens (including phenoxy) is 1. The first-order valence-electron chi connectivity index (χ1n) is 9.36. The summed E-state index contributed by atoms with van der Waals surface area (Å²) in [6, 6.07) is 5.37. The van der Waals surface area contributed by atoms with E-state index in [1.807, 2.05) is 47.6 Å². The van der Waals surface area contributed by atoms with Crippen LogP contribution in [0, 0.1) is 11.3 Å². The highest BCUT2D eigenvalue weighted by Gasteiger charge is 2.30. The van der Waals surface area contributed by atoms with Crippen LogP contribution in [0.25, 0.3) is 6.08 Å². The summed E-state index contributed by atoms with van der Waals surface area (Å²) in [5.74, 6) is 0.215. The minimum Gasteiger partial charge on any atom is -0.507 e. The van der Waals surface area contributed by atoms with E-state index in [4.69, 9.17) is 4.74 Å². The van der Waals surface area contributed by atoms with Crippen LogP contribution in [0.4, 0.5) is 0 Å². The molecule has 1 heterocycles. The van der Waals surface area contributed by atoms with Crippen LogP contribution in [-0.2, 0) is 25.6 Å². The van der Waals surface area contributed by atoms with E-state index >= 15 is 0 Å². The maximum atomic E-state index is 12.9. The second-order valence-electron chi connectivity index (χ2n) is 9.10. The summed E-state index contributed by atoms with van der Waals surface area (Å²) in [7, 11) is -3.89. The summed E-state index contributed by atoms with van der Waals surface area (Å²) in [6.07, 6.45) is 1.40. The van der Waals surface area contributed by atoms with Gasteiger partial charge in [-0.2, -0.15) is 9.57 Å². The van der Waals surface area contributed by atoms with Crippen molar-refractivity contribution in [3.8, 4) is 11.8 Å². The Hall–Kier alpha value is -1.88. The molecule has 6 nitrogen and oxygen atoms in total. The number of allylic oxidation sites excluding steroid dienone is 1. The molecule has 0 bridgehead atoms. The number of nitrogens with zero attached hydrogens (tertiary/aromatic N) is 2. The Balaban J connectivity index is 2.64. The first-order valence-corrected chi connectivity index (χ1v) is 10.8. The van der Waals surface area contributed by atoms with E-state index in [-0.39, 0.29) is 34.6 Å². The van der Waals surface area contributed by atoms with E-state index in [1.165, 1.54) is 10.4 Å². The highest BCUT2D eigenvalue weighted by atomic mass is 32.2. The number of sulfonamides is 1. The average molecular weight is 407 g/mol. The van der Waals surface area contributed by atoms with Gasteiger partial charge in [-0.05, 0) is 34.6 Å². The Morgan fingerprint density at radius 3 is 1.96 bits per heavy atom. The smallest absolute Gasteiger partial charge is 0.253 e. The fourth-order valence-corrected chi connectivity index (χ4v) is 4.43. The normalized spacial score (nSPS) is 17.4. The van der Waals surface area contributed by atoms with Crippen LogP contribution in [0.3, 0.4) is 0 Å². The van der Waals surface area contributed by atoms with Gasteiger partial charge in [0.2, 0.25) is 0 Å². The van der Waals surface area contributed by atoms with Gasteiger partial charge in [0.1, 0.15) is 11.8 Å². The van der Waals surface area contributed by atoms with Crippen LogP contribution in [0.5, 0.6) is 5.75 Å². The monoisotopic (exact) mass is 406 g/mol. The third-order valence-electron chi connectivity index (χ3n) is 4.74. The number of morpholine rings is 1. The number of rotatable bonds is 3. The quantitative estimate of drug-likeness (QED) is 0.776. The minimum absolute atomic E-state index is 0.215. The van der Waals surface area contributed by atoms with Crippen LogP contribution >= 0.6 is 0 Å². The van der Waals surface area contributed by atoms with Gasteiger partial charge in [0, 0.05) is 24.2 Å². The van der Waals surface area contributed by atoms with Crippen molar-refractivity contribution in [2.75, 3.05) is 26.3 Å². The van der Waals surface area contributed by atoms with Crippen LogP contribution in [0.2, 0.25) is 0 Å². The van der Waals surface area contributed by atoms with Crippen molar-refractivity contribution >= 4 is 16.1 Å². The van der Waals surface area contributed by atoms with Crippen molar-refractivity contribution in [3.05, 3.63) is 33.7 Å². The predicted octanol–water partition coefficient (Wildman–Crippen LogP) is 3.51. The first-order chi connectivity index (χ1) is 12.8. The van der Waals surface area contributed by atoms with Gasteiger partial charge >= 0.3 is 0 Å². The van der Waals surface area contributed by atoms with E-state index in [1.54, 1.807) is 12.1 Å². The van der Waals surface area contributed by atoms with Crippen LogP contribution < -0.4 is 0 Å².